The van der Waals surface area contributed by atoms with Crippen molar-refractivity contribution in [3.63, 3.8) is 0 Å². The number of methoxy groups -OCH3 is 1. The molecule has 0 radical (unpaired) electrons. The minimum Gasteiger partial charge on any atom is -0.497 e. The second kappa shape index (κ2) is 4.81. The molecule has 1 heterocycles. The van der Waals surface area contributed by atoms with Gasteiger partial charge in [0.15, 0.2) is 5.75 Å². The topological polar surface area (TPSA) is 44.2 Å². The molecular weight excluding hydrogens is 228 g/mol. The van der Waals surface area contributed by atoms with E-state index in [1.807, 2.05) is 12.1 Å². The standard InChI is InChI=1S/C11H9ClN2O2/c1-15-8-2-4-9(5-3-8)16-10-6-13-11(12)14-7-10/h2-7H,1H3. The van der Waals surface area contributed by atoms with Crippen LogP contribution in [0.2, 0.25) is 5.28 Å². The lowest BCUT2D eigenvalue weighted by Gasteiger charge is -2.05. The van der Waals surface area contributed by atoms with E-state index in [0.29, 0.717) is 11.5 Å². The van der Waals surface area contributed by atoms with Gasteiger partial charge in [-0.1, -0.05) is 0 Å². The number of halogens is 1. The third kappa shape index (κ3) is 2.61. The SMILES string of the molecule is COc1ccc(Oc2cnc(Cl)nc2)cc1. The summed E-state index contributed by atoms with van der Waals surface area (Å²) in [5.41, 5.74) is 0. The molecule has 1 aromatic carbocycles. The molecule has 0 aliphatic heterocycles. The maximum Gasteiger partial charge on any atom is 0.222 e. The van der Waals surface area contributed by atoms with E-state index in [1.54, 1.807) is 19.2 Å². The fraction of sp³-hybridized carbons (Fsp3) is 0.0909. The highest BCUT2D eigenvalue weighted by Gasteiger charge is 1.99. The van der Waals surface area contributed by atoms with Gasteiger partial charge in [-0.15, -0.1) is 0 Å². The number of hydrogen-bond donors (Lipinski definition) is 0. The zero-order valence-corrected chi connectivity index (χ0v) is 9.31. The number of ether oxygens (including phenoxy) is 2. The molecule has 0 spiro atoms. The summed E-state index contributed by atoms with van der Waals surface area (Å²) in [6.45, 7) is 0. The van der Waals surface area contributed by atoms with Gasteiger partial charge >= 0.3 is 0 Å². The fourth-order valence-corrected chi connectivity index (χ4v) is 1.23. The molecule has 0 atom stereocenters. The maximum atomic E-state index is 5.56. The highest BCUT2D eigenvalue weighted by atomic mass is 35.5. The number of nitrogens with zero attached hydrogens (tertiary/aromatic N) is 2. The molecule has 1 aromatic heterocycles. The molecule has 5 heteroatoms. The van der Waals surface area contributed by atoms with Crippen LogP contribution in [-0.2, 0) is 0 Å². The Balaban J connectivity index is 2.11. The number of aromatic nitrogens is 2. The van der Waals surface area contributed by atoms with Gasteiger partial charge in [0.1, 0.15) is 11.5 Å². The van der Waals surface area contributed by atoms with E-state index in [1.165, 1.54) is 12.4 Å². The molecular formula is C11H9ClN2O2. The zero-order valence-electron chi connectivity index (χ0n) is 8.55. The molecule has 0 unspecified atom stereocenters. The summed E-state index contributed by atoms with van der Waals surface area (Å²) in [6, 6.07) is 7.22. The fourth-order valence-electron chi connectivity index (χ4n) is 1.13. The predicted octanol–water partition coefficient (Wildman–Crippen LogP) is 2.93. The van der Waals surface area contributed by atoms with E-state index < -0.39 is 0 Å². The highest BCUT2D eigenvalue weighted by Crippen LogP contribution is 2.22. The van der Waals surface area contributed by atoms with Crippen LogP contribution in [-0.4, -0.2) is 17.1 Å². The van der Waals surface area contributed by atoms with Crippen molar-refractivity contribution in [2.45, 2.75) is 0 Å². The van der Waals surface area contributed by atoms with E-state index in [2.05, 4.69) is 9.97 Å². The van der Waals surface area contributed by atoms with E-state index in [0.717, 1.165) is 5.75 Å². The first kappa shape index (κ1) is 10.7. The molecule has 0 aliphatic rings. The largest absolute Gasteiger partial charge is 0.497 e. The smallest absolute Gasteiger partial charge is 0.222 e. The molecule has 0 N–H and O–H groups in total. The number of benzene rings is 1. The third-order valence-electron chi connectivity index (χ3n) is 1.89. The Kier molecular flexibility index (Phi) is 3.22. The van der Waals surface area contributed by atoms with Crippen LogP contribution in [0.25, 0.3) is 0 Å². The zero-order chi connectivity index (χ0) is 11.4. The summed E-state index contributed by atoms with van der Waals surface area (Å²) < 4.78 is 10.5. The first-order valence-electron chi connectivity index (χ1n) is 4.57. The second-order valence-corrected chi connectivity index (χ2v) is 3.30. The average Bonchev–Trinajstić information content (AvgIpc) is 2.33. The average molecular weight is 237 g/mol. The Morgan fingerprint density at radius 3 is 2.06 bits per heavy atom. The van der Waals surface area contributed by atoms with E-state index in [9.17, 15) is 0 Å². The summed E-state index contributed by atoms with van der Waals surface area (Å²) in [5, 5.41) is 0.196. The lowest BCUT2D eigenvalue weighted by atomic mass is 10.3. The van der Waals surface area contributed by atoms with Gasteiger partial charge in [0.2, 0.25) is 5.28 Å². The van der Waals surface area contributed by atoms with Crippen molar-refractivity contribution in [1.29, 1.82) is 0 Å². The number of hydrogen-bond acceptors (Lipinski definition) is 4. The summed E-state index contributed by atoms with van der Waals surface area (Å²) in [6.07, 6.45) is 3.03. The van der Waals surface area contributed by atoms with Crippen molar-refractivity contribution in [3.05, 3.63) is 41.9 Å². The molecule has 2 rings (SSSR count). The van der Waals surface area contributed by atoms with Crippen molar-refractivity contribution >= 4 is 11.6 Å². The first-order chi connectivity index (χ1) is 7.78. The van der Waals surface area contributed by atoms with Crippen LogP contribution in [0, 0.1) is 0 Å². The van der Waals surface area contributed by atoms with Crippen LogP contribution in [0.5, 0.6) is 17.2 Å². The minimum absolute atomic E-state index is 0.196. The van der Waals surface area contributed by atoms with Gasteiger partial charge in [-0.2, -0.15) is 0 Å². The van der Waals surface area contributed by atoms with Crippen molar-refractivity contribution in [1.82, 2.24) is 9.97 Å². The molecule has 0 saturated heterocycles. The van der Waals surface area contributed by atoms with Gasteiger partial charge < -0.3 is 9.47 Å². The molecule has 82 valence electrons. The minimum atomic E-state index is 0.196. The molecule has 0 amide bonds. The normalized spacial score (nSPS) is 9.88. The van der Waals surface area contributed by atoms with Crippen molar-refractivity contribution in [2.75, 3.05) is 7.11 Å². The molecule has 4 nitrogen and oxygen atoms in total. The third-order valence-corrected chi connectivity index (χ3v) is 2.09. The first-order valence-corrected chi connectivity index (χ1v) is 4.95. The molecule has 2 aromatic rings. The summed E-state index contributed by atoms with van der Waals surface area (Å²) in [7, 11) is 1.61. The van der Waals surface area contributed by atoms with Crippen LogP contribution in [0.1, 0.15) is 0 Å². The molecule has 0 fully saturated rings. The Bertz CT molecular complexity index is 456. The maximum absolute atomic E-state index is 5.56. The van der Waals surface area contributed by atoms with Crippen molar-refractivity contribution < 1.29 is 9.47 Å². The Labute approximate surface area is 97.8 Å². The van der Waals surface area contributed by atoms with Crippen LogP contribution >= 0.6 is 11.6 Å². The quantitative estimate of drug-likeness (QED) is 0.769. The summed E-state index contributed by atoms with van der Waals surface area (Å²) in [5.74, 6) is 2.00. The molecule has 16 heavy (non-hydrogen) atoms. The number of rotatable bonds is 3. The van der Waals surface area contributed by atoms with Crippen LogP contribution < -0.4 is 9.47 Å². The van der Waals surface area contributed by atoms with E-state index in [4.69, 9.17) is 21.1 Å². The van der Waals surface area contributed by atoms with Gasteiger partial charge in [0.05, 0.1) is 19.5 Å². The van der Waals surface area contributed by atoms with Crippen LogP contribution in [0.4, 0.5) is 0 Å². The Hall–Kier alpha value is -1.81. The lowest BCUT2D eigenvalue weighted by molar-refractivity contribution is 0.412. The van der Waals surface area contributed by atoms with E-state index >= 15 is 0 Å². The highest BCUT2D eigenvalue weighted by molar-refractivity contribution is 6.28. The van der Waals surface area contributed by atoms with Crippen LogP contribution in [0.15, 0.2) is 36.7 Å². The summed E-state index contributed by atoms with van der Waals surface area (Å²) >= 11 is 5.56. The molecule has 0 aliphatic carbocycles. The molecule has 0 bridgehead atoms. The lowest BCUT2D eigenvalue weighted by Crippen LogP contribution is -1.88. The second-order valence-electron chi connectivity index (χ2n) is 2.97. The van der Waals surface area contributed by atoms with Gasteiger partial charge in [0, 0.05) is 0 Å². The Morgan fingerprint density at radius 2 is 1.50 bits per heavy atom. The van der Waals surface area contributed by atoms with Gasteiger partial charge in [0.25, 0.3) is 0 Å². The monoisotopic (exact) mass is 236 g/mol. The van der Waals surface area contributed by atoms with Crippen LogP contribution in [0.3, 0.4) is 0 Å². The predicted molar refractivity (Wildman–Crippen MR) is 60.1 cm³/mol. The van der Waals surface area contributed by atoms with Crippen molar-refractivity contribution in [3.8, 4) is 17.2 Å². The molecule has 0 saturated carbocycles. The van der Waals surface area contributed by atoms with Gasteiger partial charge in [-0.25, -0.2) is 9.97 Å². The Morgan fingerprint density at radius 1 is 0.938 bits per heavy atom. The van der Waals surface area contributed by atoms with Crippen molar-refractivity contribution in [2.24, 2.45) is 0 Å². The summed E-state index contributed by atoms with van der Waals surface area (Å²) in [4.78, 5) is 7.63. The van der Waals surface area contributed by atoms with Gasteiger partial charge in [-0.05, 0) is 35.9 Å². The van der Waals surface area contributed by atoms with E-state index in [-0.39, 0.29) is 5.28 Å². The van der Waals surface area contributed by atoms with Gasteiger partial charge in [-0.3, -0.25) is 0 Å².